The molecule has 2 amide bonds. The molecule has 0 saturated heterocycles. The third-order valence-corrected chi connectivity index (χ3v) is 3.43. The summed E-state index contributed by atoms with van der Waals surface area (Å²) in [5.74, 6) is 0.195. The molecule has 0 spiro atoms. The molecule has 0 aliphatic heterocycles. The zero-order valence-corrected chi connectivity index (χ0v) is 16.2. The van der Waals surface area contributed by atoms with Crippen LogP contribution in [0.3, 0.4) is 0 Å². The summed E-state index contributed by atoms with van der Waals surface area (Å²) in [5, 5.41) is 5.27. The van der Waals surface area contributed by atoms with Crippen molar-refractivity contribution < 1.29 is 23.5 Å². The van der Waals surface area contributed by atoms with Crippen LogP contribution in [0.2, 0.25) is 0 Å². The van der Waals surface area contributed by atoms with E-state index in [2.05, 4.69) is 20.6 Å². The van der Waals surface area contributed by atoms with Gasteiger partial charge in [0.1, 0.15) is 18.1 Å². The molecule has 150 valence electrons. The molecular weight excluding hydrogens is 367 g/mol. The molecule has 2 aromatic heterocycles. The Morgan fingerprint density at radius 1 is 1.25 bits per heavy atom. The van der Waals surface area contributed by atoms with Crippen LogP contribution in [0.25, 0.3) is 0 Å². The van der Waals surface area contributed by atoms with Gasteiger partial charge in [-0.05, 0) is 37.6 Å². The second-order valence-corrected chi connectivity index (χ2v) is 6.65. The molecule has 28 heavy (non-hydrogen) atoms. The Labute approximate surface area is 162 Å². The van der Waals surface area contributed by atoms with E-state index < -0.39 is 5.67 Å². The third-order valence-electron chi connectivity index (χ3n) is 3.43. The summed E-state index contributed by atoms with van der Waals surface area (Å²) < 4.78 is 24.2. The molecule has 2 heterocycles. The van der Waals surface area contributed by atoms with Crippen molar-refractivity contribution in [2.75, 3.05) is 19.0 Å². The zero-order valence-electron chi connectivity index (χ0n) is 16.2. The maximum Gasteiger partial charge on any atom is 0.257 e. The highest BCUT2D eigenvalue weighted by Gasteiger charge is 2.18. The van der Waals surface area contributed by atoms with Gasteiger partial charge in [-0.15, -0.1) is 0 Å². The largest absolute Gasteiger partial charge is 0.491 e. The first-order chi connectivity index (χ1) is 13.2. The molecule has 0 bridgehead atoms. The van der Waals surface area contributed by atoms with E-state index in [-0.39, 0.29) is 30.8 Å². The Kier molecular flexibility index (Phi) is 6.86. The number of aromatic nitrogens is 2. The Hall–Kier alpha value is -3.23. The number of hydrogen-bond donors (Lipinski definition) is 2. The van der Waals surface area contributed by atoms with Crippen molar-refractivity contribution in [2.45, 2.75) is 33.0 Å². The average Bonchev–Trinajstić information content (AvgIpc) is 2.63. The molecule has 0 radical (unpaired) electrons. The topological polar surface area (TPSA) is 102 Å². The van der Waals surface area contributed by atoms with Gasteiger partial charge in [-0.1, -0.05) is 0 Å². The van der Waals surface area contributed by atoms with Crippen LogP contribution in [0, 0.1) is 0 Å². The maximum atomic E-state index is 13.6. The summed E-state index contributed by atoms with van der Waals surface area (Å²) in [6.07, 6.45) is 2.95. The van der Waals surface area contributed by atoms with Crippen LogP contribution in [0.4, 0.5) is 10.2 Å². The van der Waals surface area contributed by atoms with E-state index in [9.17, 15) is 14.0 Å². The highest BCUT2D eigenvalue weighted by atomic mass is 19.1. The van der Waals surface area contributed by atoms with E-state index in [0.717, 1.165) is 0 Å². The van der Waals surface area contributed by atoms with Crippen LogP contribution in [0.15, 0.2) is 30.6 Å². The highest BCUT2D eigenvalue weighted by molar-refractivity contribution is 5.96. The van der Waals surface area contributed by atoms with E-state index in [1.165, 1.54) is 52.4 Å². The molecule has 0 aliphatic rings. The van der Waals surface area contributed by atoms with Gasteiger partial charge in [0.2, 0.25) is 5.91 Å². The van der Waals surface area contributed by atoms with E-state index in [1.807, 2.05) is 0 Å². The Bertz CT molecular complexity index is 852. The first kappa shape index (κ1) is 21.1. The van der Waals surface area contributed by atoms with Crippen LogP contribution in [-0.2, 0) is 11.3 Å². The molecule has 0 saturated carbocycles. The first-order valence-electron chi connectivity index (χ1n) is 8.54. The fourth-order valence-electron chi connectivity index (χ4n) is 2.17. The molecule has 0 unspecified atom stereocenters. The van der Waals surface area contributed by atoms with E-state index >= 15 is 0 Å². The monoisotopic (exact) mass is 390 g/mol. The van der Waals surface area contributed by atoms with Crippen molar-refractivity contribution in [1.82, 2.24) is 15.3 Å². The number of pyridine rings is 2. The second kappa shape index (κ2) is 9.12. The number of anilines is 1. The van der Waals surface area contributed by atoms with Gasteiger partial charge in [0.15, 0.2) is 5.75 Å². The van der Waals surface area contributed by atoms with Crippen molar-refractivity contribution in [3.8, 4) is 11.6 Å². The van der Waals surface area contributed by atoms with Gasteiger partial charge in [0.05, 0.1) is 7.11 Å². The number of ether oxygens (including phenoxy) is 2. The fraction of sp³-hybridized carbons (Fsp3) is 0.368. The number of amides is 2. The normalized spacial score (nSPS) is 10.9. The highest BCUT2D eigenvalue weighted by Crippen LogP contribution is 2.26. The lowest BCUT2D eigenvalue weighted by Crippen LogP contribution is -2.24. The molecule has 2 aromatic rings. The molecule has 0 aliphatic carbocycles. The quantitative estimate of drug-likeness (QED) is 0.718. The Balaban J connectivity index is 2.02. The predicted octanol–water partition coefficient (Wildman–Crippen LogP) is 2.50. The van der Waals surface area contributed by atoms with Gasteiger partial charge in [-0.2, -0.15) is 0 Å². The fourth-order valence-corrected chi connectivity index (χ4v) is 2.17. The number of hydrogen-bond acceptors (Lipinski definition) is 6. The van der Waals surface area contributed by atoms with Gasteiger partial charge < -0.3 is 20.1 Å². The van der Waals surface area contributed by atoms with Crippen molar-refractivity contribution in [1.29, 1.82) is 0 Å². The third kappa shape index (κ3) is 6.49. The minimum atomic E-state index is -1.50. The average molecular weight is 390 g/mol. The lowest BCUT2D eigenvalue weighted by molar-refractivity contribution is -0.114. The lowest BCUT2D eigenvalue weighted by atomic mass is 10.2. The predicted molar refractivity (Wildman–Crippen MR) is 101 cm³/mol. The van der Waals surface area contributed by atoms with E-state index in [1.54, 1.807) is 6.07 Å². The standard InChI is InChI=1S/C19H23FN4O4/c1-12(25)24-16-8-14(5-6-21-16)17(26)22-9-13-7-15(27-4)18(23-10-13)28-11-19(2,3)20/h5-8,10H,9,11H2,1-4H3,(H,22,26)(H,21,24,25). The molecule has 8 nitrogen and oxygen atoms in total. The van der Waals surface area contributed by atoms with E-state index in [0.29, 0.717) is 22.7 Å². The summed E-state index contributed by atoms with van der Waals surface area (Å²) in [6.45, 7) is 4.19. The number of nitrogens with zero attached hydrogens (tertiary/aromatic N) is 2. The van der Waals surface area contributed by atoms with Crippen molar-refractivity contribution in [3.05, 3.63) is 41.7 Å². The first-order valence-corrected chi connectivity index (χ1v) is 8.54. The molecule has 9 heteroatoms. The summed E-state index contributed by atoms with van der Waals surface area (Å²) in [6, 6.07) is 4.67. The lowest BCUT2D eigenvalue weighted by Gasteiger charge is -2.16. The van der Waals surface area contributed by atoms with E-state index in [4.69, 9.17) is 9.47 Å². The molecule has 0 fully saturated rings. The number of nitrogens with one attached hydrogen (secondary N) is 2. The maximum absolute atomic E-state index is 13.6. The Morgan fingerprint density at radius 2 is 2.00 bits per heavy atom. The van der Waals surface area contributed by atoms with Gasteiger partial charge in [0.25, 0.3) is 11.8 Å². The number of methoxy groups -OCH3 is 1. The zero-order chi connectivity index (χ0) is 20.7. The van der Waals surface area contributed by atoms with Crippen LogP contribution >= 0.6 is 0 Å². The number of carbonyl (C=O) groups is 2. The van der Waals surface area contributed by atoms with Crippen molar-refractivity contribution >= 4 is 17.6 Å². The van der Waals surface area contributed by atoms with Crippen LogP contribution < -0.4 is 20.1 Å². The molecule has 0 aromatic carbocycles. The summed E-state index contributed by atoms with van der Waals surface area (Å²) in [5.41, 5.74) is -0.475. The van der Waals surface area contributed by atoms with Crippen LogP contribution in [0.1, 0.15) is 36.7 Å². The van der Waals surface area contributed by atoms with Crippen LogP contribution in [0.5, 0.6) is 11.6 Å². The summed E-state index contributed by atoms with van der Waals surface area (Å²) >= 11 is 0. The number of carbonyl (C=O) groups excluding carboxylic acids is 2. The van der Waals surface area contributed by atoms with Gasteiger partial charge >= 0.3 is 0 Å². The number of rotatable bonds is 8. The Morgan fingerprint density at radius 3 is 2.64 bits per heavy atom. The minimum Gasteiger partial charge on any atom is -0.491 e. The SMILES string of the molecule is COc1cc(CNC(=O)c2ccnc(NC(C)=O)c2)cnc1OCC(C)(C)F. The molecule has 0 atom stereocenters. The summed E-state index contributed by atoms with van der Waals surface area (Å²) in [4.78, 5) is 31.5. The number of halogens is 1. The number of alkyl halides is 1. The smallest absolute Gasteiger partial charge is 0.257 e. The van der Waals surface area contributed by atoms with Gasteiger partial charge in [-0.25, -0.2) is 14.4 Å². The molecular formula is C19H23FN4O4. The van der Waals surface area contributed by atoms with Gasteiger partial charge in [-0.3, -0.25) is 9.59 Å². The molecule has 2 rings (SSSR count). The minimum absolute atomic E-state index is 0.162. The van der Waals surface area contributed by atoms with Crippen LogP contribution in [-0.4, -0.2) is 41.2 Å². The molecule has 2 N–H and O–H groups in total. The van der Waals surface area contributed by atoms with Crippen molar-refractivity contribution in [2.24, 2.45) is 0 Å². The summed E-state index contributed by atoms with van der Waals surface area (Å²) in [7, 11) is 1.45. The second-order valence-electron chi connectivity index (χ2n) is 6.65. The van der Waals surface area contributed by atoms with Crippen molar-refractivity contribution in [3.63, 3.8) is 0 Å². The van der Waals surface area contributed by atoms with Gasteiger partial charge in [0, 0.05) is 31.4 Å².